The normalized spacial score (nSPS) is 18.9. The molecule has 0 aliphatic carbocycles. The highest BCUT2D eigenvalue weighted by Crippen LogP contribution is 2.18. The second kappa shape index (κ2) is 6.49. The fourth-order valence-corrected chi connectivity index (χ4v) is 1.76. The van der Waals surface area contributed by atoms with E-state index in [4.69, 9.17) is 14.2 Å². The Balaban J connectivity index is 1.92. The van der Waals surface area contributed by atoms with Crippen molar-refractivity contribution in [3.05, 3.63) is 29.6 Å². The van der Waals surface area contributed by atoms with Gasteiger partial charge >= 0.3 is 0 Å². The highest BCUT2D eigenvalue weighted by molar-refractivity contribution is 5.94. The van der Waals surface area contributed by atoms with Crippen LogP contribution in [0.5, 0.6) is 5.75 Å². The first-order valence-corrected chi connectivity index (χ1v) is 6.02. The Morgan fingerprint density at radius 3 is 3.05 bits per heavy atom. The van der Waals surface area contributed by atoms with E-state index in [2.05, 4.69) is 5.32 Å². The minimum atomic E-state index is -0.497. The average molecular weight is 269 g/mol. The van der Waals surface area contributed by atoms with Gasteiger partial charge in [0.25, 0.3) is 5.91 Å². The predicted molar refractivity (Wildman–Crippen MR) is 65.8 cm³/mol. The van der Waals surface area contributed by atoms with Gasteiger partial charge in [-0.05, 0) is 18.2 Å². The van der Waals surface area contributed by atoms with Gasteiger partial charge in [0.2, 0.25) is 0 Å². The van der Waals surface area contributed by atoms with Crippen LogP contribution >= 0.6 is 0 Å². The minimum Gasteiger partial charge on any atom is -0.494 e. The molecule has 0 bridgehead atoms. The van der Waals surface area contributed by atoms with Crippen molar-refractivity contribution in [1.29, 1.82) is 0 Å². The Labute approximate surface area is 110 Å². The summed E-state index contributed by atoms with van der Waals surface area (Å²) in [6, 6.07) is 3.97. The minimum absolute atomic E-state index is 0.0462. The SMILES string of the molecule is COc1cc(C(=O)NC[C@@H]2COCCO2)ccc1F. The van der Waals surface area contributed by atoms with Crippen LogP contribution in [0.25, 0.3) is 0 Å². The van der Waals surface area contributed by atoms with Crippen molar-refractivity contribution in [3.63, 3.8) is 0 Å². The number of nitrogens with one attached hydrogen (secondary N) is 1. The van der Waals surface area contributed by atoms with Gasteiger partial charge in [0.05, 0.1) is 33.0 Å². The van der Waals surface area contributed by atoms with Gasteiger partial charge in [-0.2, -0.15) is 0 Å². The molecule has 1 atom stereocenters. The Morgan fingerprint density at radius 2 is 2.37 bits per heavy atom. The molecule has 0 aromatic heterocycles. The number of carbonyl (C=O) groups excluding carboxylic acids is 1. The molecule has 0 radical (unpaired) electrons. The molecule has 2 rings (SSSR count). The van der Waals surface area contributed by atoms with Crippen molar-refractivity contribution >= 4 is 5.91 Å². The summed E-state index contributed by atoms with van der Waals surface area (Å²) in [5.41, 5.74) is 0.343. The zero-order chi connectivity index (χ0) is 13.7. The summed E-state index contributed by atoms with van der Waals surface area (Å²) in [7, 11) is 1.35. The molecule has 1 saturated heterocycles. The molecule has 1 aliphatic heterocycles. The molecular formula is C13H16FNO4. The van der Waals surface area contributed by atoms with E-state index in [0.717, 1.165) is 0 Å². The van der Waals surface area contributed by atoms with Crippen LogP contribution in [0.15, 0.2) is 18.2 Å². The number of amides is 1. The fourth-order valence-electron chi connectivity index (χ4n) is 1.76. The van der Waals surface area contributed by atoms with E-state index in [1.807, 2.05) is 0 Å². The Morgan fingerprint density at radius 1 is 1.53 bits per heavy atom. The summed E-state index contributed by atoms with van der Waals surface area (Å²) in [4.78, 5) is 11.9. The first-order valence-electron chi connectivity index (χ1n) is 6.02. The van der Waals surface area contributed by atoms with Crippen molar-refractivity contribution in [1.82, 2.24) is 5.32 Å². The third kappa shape index (κ3) is 3.65. The highest BCUT2D eigenvalue weighted by Gasteiger charge is 2.16. The van der Waals surface area contributed by atoms with E-state index in [-0.39, 0.29) is 17.8 Å². The van der Waals surface area contributed by atoms with E-state index in [1.54, 1.807) is 0 Å². The maximum atomic E-state index is 13.2. The number of hydrogen-bond acceptors (Lipinski definition) is 4. The summed E-state index contributed by atoms with van der Waals surface area (Å²) in [5, 5.41) is 2.72. The van der Waals surface area contributed by atoms with Crippen molar-refractivity contribution in [3.8, 4) is 5.75 Å². The second-order valence-electron chi connectivity index (χ2n) is 4.13. The number of carbonyl (C=O) groups is 1. The first kappa shape index (κ1) is 13.8. The summed E-state index contributed by atoms with van der Waals surface area (Å²) in [5.74, 6) is -0.750. The topological polar surface area (TPSA) is 56.8 Å². The van der Waals surface area contributed by atoms with Gasteiger partial charge in [0.1, 0.15) is 0 Å². The molecule has 0 unspecified atom stereocenters. The number of rotatable bonds is 4. The third-order valence-electron chi connectivity index (χ3n) is 2.79. The molecule has 104 valence electrons. The summed E-state index contributed by atoms with van der Waals surface area (Å²) < 4.78 is 28.7. The molecule has 1 amide bonds. The molecule has 1 aromatic rings. The second-order valence-corrected chi connectivity index (χ2v) is 4.13. The molecule has 0 saturated carbocycles. The van der Waals surface area contributed by atoms with Crippen molar-refractivity contribution in [2.45, 2.75) is 6.10 Å². The monoisotopic (exact) mass is 269 g/mol. The fraction of sp³-hybridized carbons (Fsp3) is 0.462. The Hall–Kier alpha value is -1.66. The van der Waals surface area contributed by atoms with Crippen molar-refractivity contribution < 1.29 is 23.4 Å². The Bertz CT molecular complexity index is 446. The molecule has 1 heterocycles. The van der Waals surface area contributed by atoms with Crippen LogP contribution in [0.2, 0.25) is 0 Å². The smallest absolute Gasteiger partial charge is 0.251 e. The molecule has 0 spiro atoms. The predicted octanol–water partition coefficient (Wildman–Crippen LogP) is 0.979. The number of halogens is 1. The van der Waals surface area contributed by atoms with E-state index < -0.39 is 5.82 Å². The van der Waals surface area contributed by atoms with E-state index in [1.165, 1.54) is 25.3 Å². The highest BCUT2D eigenvalue weighted by atomic mass is 19.1. The molecular weight excluding hydrogens is 253 g/mol. The van der Waals surface area contributed by atoms with Gasteiger partial charge in [-0.1, -0.05) is 0 Å². The summed E-state index contributed by atoms with van der Waals surface area (Å²) in [6.45, 7) is 1.94. The maximum Gasteiger partial charge on any atom is 0.251 e. The van der Waals surface area contributed by atoms with Gasteiger partial charge in [-0.3, -0.25) is 4.79 Å². The van der Waals surface area contributed by atoms with Crippen LogP contribution in [0, 0.1) is 5.82 Å². The lowest BCUT2D eigenvalue weighted by molar-refractivity contribution is -0.0855. The van der Waals surface area contributed by atoms with Gasteiger partial charge in [-0.25, -0.2) is 4.39 Å². The molecule has 5 nitrogen and oxygen atoms in total. The van der Waals surface area contributed by atoms with Crippen LogP contribution in [0.1, 0.15) is 10.4 Å². The molecule has 1 aliphatic rings. The largest absolute Gasteiger partial charge is 0.494 e. The third-order valence-corrected chi connectivity index (χ3v) is 2.79. The van der Waals surface area contributed by atoms with Crippen LogP contribution in [0.4, 0.5) is 4.39 Å². The van der Waals surface area contributed by atoms with Crippen LogP contribution in [-0.2, 0) is 9.47 Å². The van der Waals surface area contributed by atoms with Crippen LogP contribution < -0.4 is 10.1 Å². The molecule has 1 N–H and O–H groups in total. The molecule has 19 heavy (non-hydrogen) atoms. The zero-order valence-corrected chi connectivity index (χ0v) is 10.6. The lowest BCUT2D eigenvalue weighted by atomic mass is 10.2. The van der Waals surface area contributed by atoms with Gasteiger partial charge in [-0.15, -0.1) is 0 Å². The average Bonchev–Trinajstić information content (AvgIpc) is 2.46. The lowest BCUT2D eigenvalue weighted by Crippen LogP contribution is -2.39. The van der Waals surface area contributed by atoms with Gasteiger partial charge in [0, 0.05) is 12.1 Å². The van der Waals surface area contributed by atoms with Gasteiger partial charge in [0.15, 0.2) is 11.6 Å². The lowest BCUT2D eigenvalue weighted by Gasteiger charge is -2.23. The number of benzene rings is 1. The zero-order valence-electron chi connectivity index (χ0n) is 10.6. The number of hydrogen-bond donors (Lipinski definition) is 1. The molecule has 1 aromatic carbocycles. The Kier molecular flexibility index (Phi) is 4.70. The van der Waals surface area contributed by atoms with Crippen molar-refractivity contribution in [2.24, 2.45) is 0 Å². The van der Waals surface area contributed by atoms with Gasteiger partial charge < -0.3 is 19.5 Å². The van der Waals surface area contributed by atoms with Crippen LogP contribution in [0.3, 0.4) is 0 Å². The first-order chi connectivity index (χ1) is 9.20. The molecule has 1 fully saturated rings. The van der Waals surface area contributed by atoms with E-state index >= 15 is 0 Å². The molecule has 6 heteroatoms. The standard InChI is InChI=1S/C13H16FNO4/c1-17-12-6-9(2-3-11(12)14)13(16)15-7-10-8-18-4-5-19-10/h2-3,6,10H,4-5,7-8H2,1H3,(H,15,16)/t10-/m1/s1. The summed E-state index contributed by atoms with van der Waals surface area (Å²) in [6.07, 6.45) is -0.139. The maximum absolute atomic E-state index is 13.2. The van der Waals surface area contributed by atoms with Crippen molar-refractivity contribution in [2.75, 3.05) is 33.5 Å². The number of ether oxygens (including phenoxy) is 3. The quantitative estimate of drug-likeness (QED) is 0.885. The number of methoxy groups -OCH3 is 1. The van der Waals surface area contributed by atoms with E-state index in [0.29, 0.717) is 31.9 Å². The van der Waals surface area contributed by atoms with E-state index in [9.17, 15) is 9.18 Å². The summed E-state index contributed by atoms with van der Waals surface area (Å²) >= 11 is 0. The van der Waals surface area contributed by atoms with Crippen LogP contribution in [-0.4, -0.2) is 45.5 Å².